The van der Waals surface area contributed by atoms with Crippen LogP contribution in [0, 0.1) is 0 Å². The Morgan fingerprint density at radius 3 is 2.36 bits per heavy atom. The third-order valence-electron chi connectivity index (χ3n) is 6.96. The van der Waals surface area contributed by atoms with E-state index in [9.17, 15) is 19.8 Å². The summed E-state index contributed by atoms with van der Waals surface area (Å²) in [6.07, 6.45) is -0.0395. The van der Waals surface area contributed by atoms with Crippen LogP contribution < -0.4 is 14.9 Å². The molecule has 1 aromatic heterocycles. The molecule has 1 fully saturated rings. The number of morpholine rings is 1. The molecule has 1 amide bonds. The van der Waals surface area contributed by atoms with Crippen molar-refractivity contribution in [1.29, 1.82) is 0 Å². The quantitative estimate of drug-likeness (QED) is 0.363. The number of hydrogen-bond acceptors (Lipinski definition) is 8. The molecule has 0 bridgehead atoms. The number of ether oxygens (including phenoxy) is 3. The van der Waals surface area contributed by atoms with Gasteiger partial charge in [0.1, 0.15) is 28.2 Å². The lowest BCUT2D eigenvalue weighted by Gasteiger charge is -2.29. The number of carbonyl (C=O) groups excluding carboxylic acids is 1. The van der Waals surface area contributed by atoms with Crippen LogP contribution in [0.15, 0.2) is 69.9 Å². The van der Waals surface area contributed by atoms with Gasteiger partial charge < -0.3 is 33.7 Å². The van der Waals surface area contributed by atoms with E-state index in [0.29, 0.717) is 48.9 Å². The number of benzene rings is 3. The van der Waals surface area contributed by atoms with Crippen LogP contribution in [-0.4, -0.2) is 61.5 Å². The summed E-state index contributed by atoms with van der Waals surface area (Å²) in [7, 11) is 3.03. The second-order valence-electron chi connectivity index (χ2n) is 9.24. The molecular weight excluding hydrogens is 502 g/mol. The first-order valence-corrected chi connectivity index (χ1v) is 12.6. The minimum absolute atomic E-state index is 0.00779. The molecule has 9 nitrogen and oxygen atoms in total. The summed E-state index contributed by atoms with van der Waals surface area (Å²) < 4.78 is 22.5. The maximum Gasteiger partial charge on any atom is 0.223 e. The van der Waals surface area contributed by atoms with E-state index in [-0.39, 0.29) is 40.4 Å². The average molecular weight is 532 g/mol. The molecule has 1 atom stereocenters. The lowest BCUT2D eigenvalue weighted by atomic mass is 9.85. The number of hydrogen-bond donors (Lipinski definition) is 2. The molecule has 1 saturated heterocycles. The highest BCUT2D eigenvalue weighted by molar-refractivity contribution is 5.91. The normalized spacial score (nSPS) is 14.3. The third kappa shape index (κ3) is 5.13. The van der Waals surface area contributed by atoms with E-state index in [2.05, 4.69) is 0 Å². The summed E-state index contributed by atoms with van der Waals surface area (Å²) in [5.74, 6) is -0.416. The van der Waals surface area contributed by atoms with Crippen LogP contribution in [0.25, 0.3) is 22.3 Å². The fraction of sp³-hybridized carbons (Fsp3) is 0.267. The third-order valence-corrected chi connectivity index (χ3v) is 6.96. The van der Waals surface area contributed by atoms with Crippen molar-refractivity contribution < 1.29 is 33.6 Å². The Kier molecular flexibility index (Phi) is 7.42. The van der Waals surface area contributed by atoms with Gasteiger partial charge in [-0.1, -0.05) is 36.4 Å². The van der Waals surface area contributed by atoms with Crippen LogP contribution in [0.1, 0.15) is 23.5 Å². The van der Waals surface area contributed by atoms with E-state index in [0.717, 1.165) is 6.07 Å². The van der Waals surface area contributed by atoms with Crippen molar-refractivity contribution in [2.24, 2.45) is 0 Å². The van der Waals surface area contributed by atoms with Crippen LogP contribution in [0.5, 0.6) is 23.0 Å². The highest BCUT2D eigenvalue weighted by Crippen LogP contribution is 2.44. The lowest BCUT2D eigenvalue weighted by Crippen LogP contribution is -2.41. The number of phenolic OH excluding ortho intramolecular Hbond substituents is 2. The molecule has 39 heavy (non-hydrogen) atoms. The van der Waals surface area contributed by atoms with Crippen LogP contribution in [-0.2, 0) is 9.53 Å². The van der Waals surface area contributed by atoms with Crippen molar-refractivity contribution in [1.82, 2.24) is 4.90 Å². The summed E-state index contributed by atoms with van der Waals surface area (Å²) in [6.45, 7) is 1.78. The minimum Gasteiger partial charge on any atom is -0.507 e. The second-order valence-corrected chi connectivity index (χ2v) is 9.24. The van der Waals surface area contributed by atoms with Crippen LogP contribution in [0.4, 0.5) is 0 Å². The van der Waals surface area contributed by atoms with Gasteiger partial charge in [-0.15, -0.1) is 0 Å². The number of rotatable bonds is 7. The van der Waals surface area contributed by atoms with E-state index >= 15 is 0 Å². The molecule has 2 heterocycles. The van der Waals surface area contributed by atoms with Crippen molar-refractivity contribution in [2.75, 3.05) is 40.5 Å². The molecule has 1 aliphatic heterocycles. The summed E-state index contributed by atoms with van der Waals surface area (Å²) in [5.41, 5.74) is 1.03. The van der Waals surface area contributed by atoms with Crippen LogP contribution in [0.3, 0.4) is 0 Å². The summed E-state index contributed by atoms with van der Waals surface area (Å²) in [5, 5.41) is 21.8. The summed E-state index contributed by atoms with van der Waals surface area (Å²) >= 11 is 0. The molecular formula is C30H29NO8. The first-order valence-electron chi connectivity index (χ1n) is 12.6. The van der Waals surface area contributed by atoms with E-state index in [1.807, 2.05) is 18.2 Å². The molecule has 0 aliphatic carbocycles. The van der Waals surface area contributed by atoms with Crippen molar-refractivity contribution in [2.45, 2.75) is 12.3 Å². The molecule has 0 saturated carbocycles. The van der Waals surface area contributed by atoms with E-state index in [1.165, 1.54) is 20.3 Å². The van der Waals surface area contributed by atoms with Gasteiger partial charge in [0.2, 0.25) is 5.91 Å². The molecule has 4 aromatic rings. The number of phenols is 2. The predicted molar refractivity (Wildman–Crippen MR) is 145 cm³/mol. The Bertz CT molecular complexity index is 1560. The van der Waals surface area contributed by atoms with Crippen LogP contribution >= 0.6 is 0 Å². The standard InChI is InChI=1S/C30H29NO8/c1-36-24-9-8-19(14-26(24)37-2)20(15-27(35)31-10-12-38-13-11-31)28-21(32)16-22(33)29-23(34)17-25(39-30(28)29)18-6-4-3-5-7-18/h3-9,14,16-17,20,32-33H,10-13,15H2,1-2H3/t20-/m0/s1. The predicted octanol–water partition coefficient (Wildman–Crippen LogP) is 4.27. The molecule has 5 rings (SSSR count). The smallest absolute Gasteiger partial charge is 0.223 e. The molecule has 202 valence electrons. The zero-order chi connectivity index (χ0) is 27.5. The van der Waals surface area contributed by atoms with Gasteiger partial charge in [-0.25, -0.2) is 0 Å². The Balaban J connectivity index is 1.74. The maximum atomic E-state index is 13.5. The number of methoxy groups -OCH3 is 2. The highest BCUT2D eigenvalue weighted by Gasteiger charge is 2.30. The Morgan fingerprint density at radius 1 is 0.949 bits per heavy atom. The fourth-order valence-corrected chi connectivity index (χ4v) is 4.98. The second kappa shape index (κ2) is 11.1. The van der Waals surface area contributed by atoms with Gasteiger partial charge in [0.05, 0.1) is 27.4 Å². The highest BCUT2D eigenvalue weighted by atomic mass is 16.5. The zero-order valence-electron chi connectivity index (χ0n) is 21.7. The number of fused-ring (bicyclic) bond motifs is 1. The van der Waals surface area contributed by atoms with Crippen molar-refractivity contribution in [3.63, 3.8) is 0 Å². The first-order chi connectivity index (χ1) is 18.9. The lowest BCUT2D eigenvalue weighted by molar-refractivity contribution is -0.135. The molecule has 3 aromatic carbocycles. The Hall–Kier alpha value is -4.50. The number of nitrogens with zero attached hydrogens (tertiary/aromatic N) is 1. The van der Waals surface area contributed by atoms with Crippen molar-refractivity contribution in [3.05, 3.63) is 82.0 Å². The summed E-state index contributed by atoms with van der Waals surface area (Å²) in [6, 6.07) is 16.7. The van der Waals surface area contributed by atoms with Gasteiger partial charge in [0.25, 0.3) is 0 Å². The first kappa shape index (κ1) is 26.1. The Morgan fingerprint density at radius 2 is 1.67 bits per heavy atom. The van der Waals surface area contributed by atoms with Gasteiger partial charge in [0, 0.05) is 48.7 Å². The number of amides is 1. The molecule has 2 N–H and O–H groups in total. The molecule has 0 radical (unpaired) electrons. The number of carbonyl (C=O) groups is 1. The van der Waals surface area contributed by atoms with E-state index in [1.54, 1.807) is 35.2 Å². The molecule has 0 unspecified atom stereocenters. The minimum atomic E-state index is -0.752. The Labute approximate surface area is 224 Å². The average Bonchev–Trinajstić information content (AvgIpc) is 2.96. The van der Waals surface area contributed by atoms with Gasteiger partial charge in [-0.2, -0.15) is 0 Å². The molecule has 1 aliphatic rings. The number of aromatic hydroxyl groups is 2. The van der Waals surface area contributed by atoms with E-state index < -0.39 is 17.1 Å². The van der Waals surface area contributed by atoms with Crippen molar-refractivity contribution >= 4 is 16.9 Å². The van der Waals surface area contributed by atoms with Gasteiger partial charge >= 0.3 is 0 Å². The maximum absolute atomic E-state index is 13.5. The van der Waals surface area contributed by atoms with Gasteiger partial charge in [-0.3, -0.25) is 9.59 Å². The zero-order valence-corrected chi connectivity index (χ0v) is 21.7. The molecule has 0 spiro atoms. The van der Waals surface area contributed by atoms with Crippen LogP contribution in [0.2, 0.25) is 0 Å². The monoisotopic (exact) mass is 531 g/mol. The fourth-order valence-electron chi connectivity index (χ4n) is 4.98. The SMILES string of the molecule is COc1ccc([C@H](CC(=O)N2CCOCC2)c2c(O)cc(O)c3c(=O)cc(-c4ccccc4)oc23)cc1OC. The van der Waals surface area contributed by atoms with Gasteiger partial charge in [-0.05, 0) is 17.7 Å². The largest absolute Gasteiger partial charge is 0.507 e. The topological polar surface area (TPSA) is 119 Å². The molecule has 9 heteroatoms. The van der Waals surface area contributed by atoms with Crippen molar-refractivity contribution in [3.8, 4) is 34.3 Å². The van der Waals surface area contributed by atoms with E-state index in [4.69, 9.17) is 18.6 Å². The summed E-state index contributed by atoms with van der Waals surface area (Å²) in [4.78, 5) is 28.4. The van der Waals surface area contributed by atoms with Gasteiger partial charge in [0.15, 0.2) is 16.9 Å².